The first-order valence-electron chi connectivity index (χ1n) is 9.71. The number of carbonyl (C=O) groups is 1. The normalized spacial score (nSPS) is 15.3. The highest BCUT2D eigenvalue weighted by Crippen LogP contribution is 2.17. The summed E-state index contributed by atoms with van der Waals surface area (Å²) in [5.41, 5.74) is 1.98. The molecular weight excluding hydrogens is 470 g/mol. The lowest BCUT2D eigenvalue weighted by Gasteiger charge is -2.26. The van der Waals surface area contributed by atoms with Gasteiger partial charge >= 0.3 is 0 Å². The van der Waals surface area contributed by atoms with Crippen LogP contribution in [0.4, 0.5) is 0 Å². The Morgan fingerprint density at radius 1 is 1.07 bits per heavy atom. The number of nitrogens with zero attached hydrogens (tertiary/aromatic N) is 2. The first kappa shape index (κ1) is 22.9. The standard InChI is InChI=1S/C21H26BrN3O4S/c1-24(15-18-2-6-19(22)7-3-18)16-21(26)23-14-17-4-8-20(9-5-17)30(27,28)25-10-12-29-13-11-25/h2-9H,10-16H2,1H3,(H,23,26). The highest BCUT2D eigenvalue weighted by molar-refractivity contribution is 9.10. The third-order valence-corrected chi connectivity index (χ3v) is 7.24. The molecule has 1 aliphatic heterocycles. The van der Waals surface area contributed by atoms with E-state index in [1.54, 1.807) is 24.3 Å². The molecule has 0 aromatic heterocycles. The minimum absolute atomic E-state index is 0.0837. The van der Waals surface area contributed by atoms with E-state index in [1.165, 1.54) is 4.31 Å². The number of rotatable bonds is 8. The number of halogens is 1. The van der Waals surface area contributed by atoms with Crippen LogP contribution in [0.15, 0.2) is 57.9 Å². The van der Waals surface area contributed by atoms with Crippen molar-refractivity contribution in [2.45, 2.75) is 18.0 Å². The zero-order valence-electron chi connectivity index (χ0n) is 16.9. The van der Waals surface area contributed by atoms with E-state index in [4.69, 9.17) is 4.74 Å². The molecule has 0 spiro atoms. The van der Waals surface area contributed by atoms with Gasteiger partial charge in [-0.15, -0.1) is 0 Å². The number of hydrogen-bond donors (Lipinski definition) is 1. The van der Waals surface area contributed by atoms with Gasteiger partial charge < -0.3 is 10.1 Å². The molecule has 0 aliphatic carbocycles. The second-order valence-electron chi connectivity index (χ2n) is 7.24. The van der Waals surface area contributed by atoms with Gasteiger partial charge in [-0.3, -0.25) is 9.69 Å². The van der Waals surface area contributed by atoms with E-state index >= 15 is 0 Å². The lowest BCUT2D eigenvalue weighted by molar-refractivity contribution is -0.122. The van der Waals surface area contributed by atoms with Crippen LogP contribution in [0.2, 0.25) is 0 Å². The van der Waals surface area contributed by atoms with Crippen molar-refractivity contribution in [3.05, 3.63) is 64.1 Å². The Labute approximate surface area is 186 Å². The summed E-state index contributed by atoms with van der Waals surface area (Å²) >= 11 is 3.41. The van der Waals surface area contributed by atoms with E-state index in [-0.39, 0.29) is 17.3 Å². The molecule has 162 valence electrons. The van der Waals surface area contributed by atoms with Crippen molar-refractivity contribution in [2.75, 3.05) is 39.9 Å². The van der Waals surface area contributed by atoms with Crippen molar-refractivity contribution in [1.29, 1.82) is 0 Å². The molecule has 1 N–H and O–H groups in total. The Kier molecular flexibility index (Phi) is 8.01. The molecule has 1 amide bonds. The number of amides is 1. The van der Waals surface area contributed by atoms with Crippen LogP contribution in [0.25, 0.3) is 0 Å². The Bertz CT molecular complexity index is 943. The van der Waals surface area contributed by atoms with Gasteiger partial charge in [0, 0.05) is 30.7 Å². The Balaban J connectivity index is 1.48. The quantitative estimate of drug-likeness (QED) is 0.607. The van der Waals surface area contributed by atoms with Gasteiger partial charge in [0.05, 0.1) is 24.7 Å². The molecular formula is C21H26BrN3O4S. The van der Waals surface area contributed by atoms with Crippen molar-refractivity contribution in [3.63, 3.8) is 0 Å². The maximum absolute atomic E-state index is 12.6. The third kappa shape index (κ3) is 6.36. The Morgan fingerprint density at radius 2 is 1.67 bits per heavy atom. The van der Waals surface area contributed by atoms with E-state index in [0.717, 1.165) is 15.6 Å². The number of hydrogen-bond acceptors (Lipinski definition) is 5. The highest BCUT2D eigenvalue weighted by Gasteiger charge is 2.26. The van der Waals surface area contributed by atoms with E-state index < -0.39 is 10.0 Å². The molecule has 9 heteroatoms. The second-order valence-corrected chi connectivity index (χ2v) is 10.1. The third-order valence-electron chi connectivity index (χ3n) is 4.80. The fourth-order valence-electron chi connectivity index (χ4n) is 3.17. The Morgan fingerprint density at radius 3 is 2.30 bits per heavy atom. The number of benzene rings is 2. The average Bonchev–Trinajstić information content (AvgIpc) is 2.75. The summed E-state index contributed by atoms with van der Waals surface area (Å²) in [7, 11) is -1.61. The summed E-state index contributed by atoms with van der Waals surface area (Å²) < 4.78 is 33.0. The van der Waals surface area contributed by atoms with Crippen LogP contribution in [-0.2, 0) is 32.6 Å². The first-order valence-corrected chi connectivity index (χ1v) is 11.9. The molecule has 0 atom stereocenters. The Hall–Kier alpha value is -1.78. The van der Waals surface area contributed by atoms with Gasteiger partial charge in [-0.05, 0) is 42.4 Å². The second kappa shape index (κ2) is 10.5. The molecule has 1 saturated heterocycles. The van der Waals surface area contributed by atoms with Crippen molar-refractivity contribution < 1.29 is 17.9 Å². The molecule has 0 bridgehead atoms. The van der Waals surface area contributed by atoms with Crippen molar-refractivity contribution in [2.24, 2.45) is 0 Å². The maximum Gasteiger partial charge on any atom is 0.243 e. The highest BCUT2D eigenvalue weighted by atomic mass is 79.9. The van der Waals surface area contributed by atoms with Crippen LogP contribution in [0.3, 0.4) is 0 Å². The zero-order valence-corrected chi connectivity index (χ0v) is 19.3. The van der Waals surface area contributed by atoms with Gasteiger partial charge in [-0.2, -0.15) is 4.31 Å². The average molecular weight is 496 g/mol. The van der Waals surface area contributed by atoms with Crippen LogP contribution in [0, 0.1) is 0 Å². The van der Waals surface area contributed by atoms with Gasteiger partial charge in [0.1, 0.15) is 0 Å². The van der Waals surface area contributed by atoms with Crippen molar-refractivity contribution in [1.82, 2.24) is 14.5 Å². The van der Waals surface area contributed by atoms with Crippen LogP contribution in [0.1, 0.15) is 11.1 Å². The van der Waals surface area contributed by atoms with Gasteiger partial charge in [0.25, 0.3) is 0 Å². The minimum atomic E-state index is -3.50. The number of nitrogens with one attached hydrogen (secondary N) is 1. The zero-order chi connectivity index (χ0) is 21.6. The summed E-state index contributed by atoms with van der Waals surface area (Å²) in [4.78, 5) is 14.4. The number of likely N-dealkylation sites (N-methyl/N-ethyl adjacent to an activating group) is 1. The molecule has 7 nitrogen and oxygen atoms in total. The molecule has 1 aliphatic rings. The predicted octanol–water partition coefficient (Wildman–Crippen LogP) is 2.22. The summed E-state index contributed by atoms with van der Waals surface area (Å²) in [6.07, 6.45) is 0. The molecule has 2 aromatic rings. The molecule has 0 unspecified atom stereocenters. The smallest absolute Gasteiger partial charge is 0.243 e. The fourth-order valence-corrected chi connectivity index (χ4v) is 4.85. The minimum Gasteiger partial charge on any atom is -0.379 e. The van der Waals surface area contributed by atoms with E-state index in [9.17, 15) is 13.2 Å². The lowest BCUT2D eigenvalue weighted by atomic mass is 10.2. The number of carbonyl (C=O) groups excluding carboxylic acids is 1. The van der Waals surface area contributed by atoms with Crippen LogP contribution in [0.5, 0.6) is 0 Å². The number of sulfonamides is 1. The van der Waals surface area contributed by atoms with E-state index in [1.807, 2.05) is 36.2 Å². The van der Waals surface area contributed by atoms with Gasteiger partial charge in [0.2, 0.25) is 15.9 Å². The van der Waals surface area contributed by atoms with Crippen LogP contribution >= 0.6 is 15.9 Å². The summed E-state index contributed by atoms with van der Waals surface area (Å²) in [5.74, 6) is -0.0837. The summed E-state index contributed by atoms with van der Waals surface area (Å²) in [6, 6.07) is 14.6. The number of morpholine rings is 1. The fraction of sp³-hybridized carbons (Fsp3) is 0.381. The van der Waals surface area contributed by atoms with Crippen molar-refractivity contribution in [3.8, 4) is 0 Å². The molecule has 1 heterocycles. The van der Waals surface area contributed by atoms with Crippen LogP contribution in [-0.4, -0.2) is 63.4 Å². The molecule has 30 heavy (non-hydrogen) atoms. The largest absolute Gasteiger partial charge is 0.379 e. The molecule has 0 radical (unpaired) electrons. The van der Waals surface area contributed by atoms with Gasteiger partial charge in [-0.25, -0.2) is 8.42 Å². The maximum atomic E-state index is 12.6. The van der Waals surface area contributed by atoms with Gasteiger partial charge in [-0.1, -0.05) is 40.2 Å². The number of ether oxygens (including phenoxy) is 1. The lowest BCUT2D eigenvalue weighted by Crippen LogP contribution is -2.40. The monoisotopic (exact) mass is 495 g/mol. The summed E-state index contributed by atoms with van der Waals surface area (Å²) in [5, 5.41) is 2.88. The first-order chi connectivity index (χ1) is 14.3. The van der Waals surface area contributed by atoms with Crippen molar-refractivity contribution >= 4 is 31.9 Å². The molecule has 2 aromatic carbocycles. The SMILES string of the molecule is CN(CC(=O)NCc1ccc(S(=O)(=O)N2CCOCC2)cc1)Cc1ccc(Br)cc1. The van der Waals surface area contributed by atoms with E-state index in [0.29, 0.717) is 39.4 Å². The van der Waals surface area contributed by atoms with Crippen LogP contribution < -0.4 is 5.32 Å². The molecule has 1 fully saturated rings. The van der Waals surface area contributed by atoms with E-state index in [2.05, 4.69) is 21.2 Å². The van der Waals surface area contributed by atoms with Gasteiger partial charge in [0.15, 0.2) is 0 Å². The summed E-state index contributed by atoms with van der Waals surface area (Å²) in [6.45, 7) is 2.87. The molecule has 3 rings (SSSR count). The predicted molar refractivity (Wildman–Crippen MR) is 118 cm³/mol. The topological polar surface area (TPSA) is 79.0 Å². The molecule has 0 saturated carbocycles.